The van der Waals surface area contributed by atoms with Crippen molar-refractivity contribution in [1.29, 1.82) is 0 Å². The highest BCUT2D eigenvalue weighted by Gasteiger charge is 2.39. The standard InChI is InChI=1S/C51H63ClN9O5P/c1-66-45-33-39(18-20-42(45)55-51-53-34-41(52)48(57-51)54-43-15-11-12-16-46(43)67(2,3)65)59-26-23-38(24-27-59)60-30-28-58(29-31-60)25-13-9-7-5-4-6-8-10-14-36-17-19-40-37(32-36)35-61(50(40)64)44-21-22-47(62)56-49(44)63/h11-12,15-20,32-34,38,44H,4-9,13,21-31,35H2,1-3H3,(H,56,62,63)(H2,53,54,55,57). The molecule has 1 aromatic heterocycles. The smallest absolute Gasteiger partial charge is 0.255 e. The maximum Gasteiger partial charge on any atom is 0.255 e. The van der Waals surface area contributed by atoms with Gasteiger partial charge in [0.05, 0.1) is 24.7 Å². The molecule has 8 rings (SSSR count). The van der Waals surface area contributed by atoms with Crippen LogP contribution in [0.15, 0.2) is 66.9 Å². The number of rotatable bonds is 17. The number of methoxy groups -OCH3 is 1. The molecular formula is C51H63ClN9O5P. The van der Waals surface area contributed by atoms with Crippen molar-refractivity contribution in [3.63, 3.8) is 0 Å². The van der Waals surface area contributed by atoms with E-state index in [2.05, 4.69) is 64.6 Å². The Balaban J connectivity index is 0.696. The number of piperidine rings is 2. The molecular weight excluding hydrogens is 885 g/mol. The van der Waals surface area contributed by atoms with Gasteiger partial charge in [0.1, 0.15) is 24.0 Å². The van der Waals surface area contributed by atoms with Gasteiger partial charge in [-0.25, -0.2) is 4.98 Å². The molecule has 3 aromatic carbocycles. The lowest BCUT2D eigenvalue weighted by Gasteiger charge is -2.43. The number of imide groups is 1. The minimum Gasteiger partial charge on any atom is -0.494 e. The number of carbonyl (C=O) groups is 3. The van der Waals surface area contributed by atoms with Crippen molar-refractivity contribution in [3.05, 3.63) is 88.6 Å². The lowest BCUT2D eigenvalue weighted by molar-refractivity contribution is -0.136. The number of para-hydroxylation sites is 1. The van der Waals surface area contributed by atoms with Crippen LogP contribution in [0.3, 0.4) is 0 Å². The normalized spacial score (nSPS) is 18.3. The van der Waals surface area contributed by atoms with Crippen LogP contribution in [0.2, 0.25) is 5.02 Å². The van der Waals surface area contributed by atoms with Crippen molar-refractivity contribution in [2.75, 3.05) is 81.8 Å². The fourth-order valence-corrected chi connectivity index (χ4v) is 11.0. The highest BCUT2D eigenvalue weighted by molar-refractivity contribution is 7.70. The predicted octanol–water partition coefficient (Wildman–Crippen LogP) is 8.00. The van der Waals surface area contributed by atoms with Gasteiger partial charge >= 0.3 is 0 Å². The van der Waals surface area contributed by atoms with Crippen molar-refractivity contribution in [2.45, 2.75) is 89.3 Å². The van der Waals surface area contributed by atoms with E-state index in [4.69, 9.17) is 16.3 Å². The zero-order chi connectivity index (χ0) is 46.9. The van der Waals surface area contributed by atoms with Gasteiger partial charge in [-0.2, -0.15) is 4.98 Å². The van der Waals surface area contributed by atoms with Crippen LogP contribution in [0.1, 0.15) is 92.1 Å². The topological polar surface area (TPSA) is 152 Å². The third-order valence-corrected chi connectivity index (χ3v) is 15.3. The number of anilines is 5. The van der Waals surface area contributed by atoms with Crippen LogP contribution in [0.25, 0.3) is 0 Å². The van der Waals surface area contributed by atoms with E-state index < -0.39 is 19.1 Å². The minimum absolute atomic E-state index is 0.156. The average Bonchev–Trinajstić information content (AvgIpc) is 3.65. The number of benzene rings is 3. The molecule has 4 aliphatic rings. The van der Waals surface area contributed by atoms with Crippen LogP contribution < -0.4 is 30.9 Å². The number of nitrogens with one attached hydrogen (secondary N) is 3. The average molecular weight is 949 g/mol. The van der Waals surface area contributed by atoms with Crippen LogP contribution in [-0.4, -0.2) is 121 Å². The number of unbranched alkanes of at least 4 members (excludes halogenated alkanes) is 6. The molecule has 3 fully saturated rings. The molecule has 1 atom stereocenters. The van der Waals surface area contributed by atoms with Gasteiger partial charge in [0.15, 0.2) is 5.82 Å². The molecule has 3 amide bonds. The van der Waals surface area contributed by atoms with E-state index in [1.54, 1.807) is 31.5 Å². The third-order valence-electron chi connectivity index (χ3n) is 13.4. The first-order valence-corrected chi connectivity index (χ1v) is 26.8. The number of ether oxygens (including phenoxy) is 1. The number of aromatic nitrogens is 2. The van der Waals surface area contributed by atoms with E-state index in [0.717, 1.165) is 92.8 Å². The van der Waals surface area contributed by atoms with Gasteiger partial charge in [-0.15, -0.1) is 0 Å². The summed E-state index contributed by atoms with van der Waals surface area (Å²) in [4.78, 5) is 55.3. The molecule has 354 valence electrons. The Bertz CT molecular complexity index is 2540. The second kappa shape index (κ2) is 22.1. The summed E-state index contributed by atoms with van der Waals surface area (Å²) >= 11 is 6.49. The molecule has 67 heavy (non-hydrogen) atoms. The molecule has 0 spiro atoms. The second-order valence-electron chi connectivity index (χ2n) is 18.4. The first-order chi connectivity index (χ1) is 32.4. The SMILES string of the molecule is COc1cc(N2CCC(N3CCN(CCCCCCCCC#Cc4ccc5c(c4)CN(C4CCC(=O)NC4=O)C5=O)CC3)CC2)ccc1Nc1ncc(Cl)c(Nc2ccccc2P(C)(C)=O)n1. The Hall–Kier alpha value is -5.45. The largest absolute Gasteiger partial charge is 0.494 e. The summed E-state index contributed by atoms with van der Waals surface area (Å²) in [6, 6.07) is 19.4. The van der Waals surface area contributed by atoms with Crippen LogP contribution in [-0.2, 0) is 20.7 Å². The summed E-state index contributed by atoms with van der Waals surface area (Å²) in [6.45, 7) is 11.6. The predicted molar refractivity (Wildman–Crippen MR) is 267 cm³/mol. The van der Waals surface area contributed by atoms with Crippen molar-refractivity contribution < 1.29 is 23.7 Å². The summed E-state index contributed by atoms with van der Waals surface area (Å²) in [7, 11) is -0.868. The van der Waals surface area contributed by atoms with Gasteiger partial charge in [-0.3, -0.25) is 24.6 Å². The minimum atomic E-state index is -2.54. The van der Waals surface area contributed by atoms with Crippen molar-refractivity contribution in [2.24, 2.45) is 0 Å². The fourth-order valence-electron chi connectivity index (χ4n) is 9.71. The van der Waals surface area contributed by atoms with Crippen LogP contribution >= 0.6 is 18.7 Å². The molecule has 0 aliphatic carbocycles. The van der Waals surface area contributed by atoms with Gasteiger partial charge in [-0.1, -0.05) is 61.3 Å². The quantitative estimate of drug-likeness (QED) is 0.0407. The highest BCUT2D eigenvalue weighted by atomic mass is 35.5. The second-order valence-corrected chi connectivity index (χ2v) is 22.0. The number of nitrogens with zero attached hydrogens (tertiary/aromatic N) is 6. The Labute approximate surface area is 399 Å². The summed E-state index contributed by atoms with van der Waals surface area (Å²) in [5, 5.41) is 10.00. The molecule has 5 heterocycles. The molecule has 16 heteroatoms. The Kier molecular flexibility index (Phi) is 15.8. The molecule has 1 unspecified atom stereocenters. The van der Waals surface area contributed by atoms with Gasteiger partial charge in [0, 0.05) is 92.9 Å². The zero-order valence-corrected chi connectivity index (χ0v) is 40.6. The van der Waals surface area contributed by atoms with Gasteiger partial charge in [-0.05, 0) is 100 Å². The lowest BCUT2D eigenvalue weighted by Crippen LogP contribution is -2.53. The maximum absolute atomic E-state index is 13.0. The molecule has 3 saturated heterocycles. The van der Waals surface area contributed by atoms with Gasteiger partial charge in [0.25, 0.3) is 5.91 Å². The van der Waals surface area contributed by atoms with E-state index in [9.17, 15) is 18.9 Å². The summed E-state index contributed by atoms with van der Waals surface area (Å²) in [5.41, 5.74) is 4.97. The first kappa shape index (κ1) is 48.0. The lowest BCUT2D eigenvalue weighted by atomic mass is 10.0. The Morgan fingerprint density at radius 3 is 2.39 bits per heavy atom. The van der Waals surface area contributed by atoms with E-state index in [1.165, 1.54) is 38.6 Å². The van der Waals surface area contributed by atoms with Crippen LogP contribution in [0, 0.1) is 11.8 Å². The number of carbonyl (C=O) groups excluding carboxylic acids is 3. The number of fused-ring (bicyclic) bond motifs is 1. The molecule has 3 N–H and O–H groups in total. The summed E-state index contributed by atoms with van der Waals surface area (Å²) < 4.78 is 18.8. The van der Waals surface area contributed by atoms with Crippen LogP contribution in [0.4, 0.5) is 28.8 Å². The van der Waals surface area contributed by atoms with Gasteiger partial charge < -0.3 is 34.6 Å². The number of amides is 3. The van der Waals surface area contributed by atoms with Crippen LogP contribution in [0.5, 0.6) is 5.75 Å². The molecule has 0 bridgehead atoms. The maximum atomic E-state index is 13.0. The first-order valence-electron chi connectivity index (χ1n) is 23.8. The molecule has 0 saturated carbocycles. The number of hydrogen-bond acceptors (Lipinski definition) is 12. The van der Waals surface area contributed by atoms with E-state index in [-0.39, 0.29) is 18.2 Å². The Morgan fingerprint density at radius 2 is 1.63 bits per heavy atom. The number of hydrogen-bond donors (Lipinski definition) is 3. The zero-order valence-electron chi connectivity index (χ0n) is 39.0. The molecule has 4 aliphatic heterocycles. The van der Waals surface area contributed by atoms with Crippen molar-refractivity contribution >= 4 is 70.6 Å². The van der Waals surface area contributed by atoms with Gasteiger partial charge in [0.2, 0.25) is 17.8 Å². The Morgan fingerprint density at radius 1 is 0.866 bits per heavy atom. The highest BCUT2D eigenvalue weighted by Crippen LogP contribution is 2.39. The molecule has 14 nitrogen and oxygen atoms in total. The number of halogens is 1. The monoisotopic (exact) mass is 947 g/mol. The number of piperazine rings is 1. The van der Waals surface area contributed by atoms with E-state index >= 15 is 0 Å². The van der Waals surface area contributed by atoms with E-state index in [0.29, 0.717) is 52.8 Å². The van der Waals surface area contributed by atoms with E-state index in [1.807, 2.05) is 48.5 Å². The summed E-state index contributed by atoms with van der Waals surface area (Å²) in [6.07, 6.45) is 12.6. The fraction of sp³-hybridized carbons (Fsp3) is 0.471. The summed E-state index contributed by atoms with van der Waals surface area (Å²) in [5.74, 6) is 7.23. The third kappa shape index (κ3) is 12.2. The van der Waals surface area contributed by atoms with Crippen molar-refractivity contribution in [3.8, 4) is 17.6 Å². The molecule has 0 radical (unpaired) electrons. The van der Waals surface area contributed by atoms with Crippen molar-refractivity contribution in [1.82, 2.24) is 30.0 Å². The molecule has 4 aromatic rings.